The van der Waals surface area contributed by atoms with Gasteiger partial charge in [0.15, 0.2) is 0 Å². The van der Waals surface area contributed by atoms with Gasteiger partial charge in [0, 0.05) is 12.1 Å². The van der Waals surface area contributed by atoms with Crippen molar-refractivity contribution in [3.8, 4) is 0 Å². The van der Waals surface area contributed by atoms with Crippen LogP contribution < -0.4 is 0 Å². The van der Waals surface area contributed by atoms with E-state index in [1.165, 1.54) is 0 Å². The summed E-state index contributed by atoms with van der Waals surface area (Å²) in [6.45, 7) is 0. The molecule has 0 spiro atoms. The van der Waals surface area contributed by atoms with Gasteiger partial charge in [0.25, 0.3) is 0 Å². The van der Waals surface area contributed by atoms with Crippen LogP contribution in [0.5, 0.6) is 0 Å². The van der Waals surface area contributed by atoms with Crippen LogP contribution in [-0.4, -0.2) is 25.2 Å². The maximum absolute atomic E-state index is 13.1. The fourth-order valence-corrected chi connectivity index (χ4v) is 2.92. The SMILES string of the molecule is O=S(O)(O)(CC(F)(F)F)c1c(F)cc(F)cc1F. The van der Waals surface area contributed by atoms with E-state index in [2.05, 4.69) is 0 Å². The van der Waals surface area contributed by atoms with Gasteiger partial charge in [-0.1, -0.05) is 0 Å². The first-order valence-corrected chi connectivity index (χ1v) is 6.22. The highest BCUT2D eigenvalue weighted by molar-refractivity contribution is 8.10. The molecule has 0 unspecified atom stereocenters. The standard InChI is InChI=1S/C8H6F6O3S/c9-4-1-5(10)7(6(11)2-4)18(15,16,17)3-8(12,13)14/h1-2H,3H2,(H2,15,16,17). The Bertz CT molecular complexity index is 523. The normalized spacial score (nSPS) is 15.2. The van der Waals surface area contributed by atoms with E-state index in [4.69, 9.17) is 9.11 Å². The van der Waals surface area contributed by atoms with Crippen LogP contribution in [0.2, 0.25) is 0 Å². The van der Waals surface area contributed by atoms with E-state index in [1.807, 2.05) is 0 Å². The molecule has 0 aromatic heterocycles. The first kappa shape index (κ1) is 14.9. The van der Waals surface area contributed by atoms with Crippen molar-refractivity contribution < 1.29 is 39.7 Å². The summed E-state index contributed by atoms with van der Waals surface area (Å²) in [5.74, 6) is -8.44. The van der Waals surface area contributed by atoms with E-state index >= 15 is 0 Å². The molecule has 0 amide bonds. The lowest BCUT2D eigenvalue weighted by molar-refractivity contribution is -0.109. The molecule has 0 atom stereocenters. The predicted molar refractivity (Wildman–Crippen MR) is 48.9 cm³/mol. The molecule has 0 radical (unpaired) electrons. The molecule has 0 heterocycles. The fourth-order valence-electron chi connectivity index (χ4n) is 1.29. The molecule has 2 N–H and O–H groups in total. The maximum Gasteiger partial charge on any atom is 0.403 e. The molecule has 3 nitrogen and oxygen atoms in total. The molecule has 1 aromatic carbocycles. The number of halogens is 6. The lowest BCUT2D eigenvalue weighted by atomic mass is 10.3. The highest BCUT2D eigenvalue weighted by Crippen LogP contribution is 2.38. The smallest absolute Gasteiger partial charge is 0.304 e. The first-order valence-electron chi connectivity index (χ1n) is 4.17. The minimum atomic E-state index is -6.82. The number of hydrogen-bond acceptors (Lipinski definition) is 1. The molecule has 0 bridgehead atoms. The molecule has 0 aliphatic heterocycles. The van der Waals surface area contributed by atoms with Gasteiger partial charge in [-0.25, -0.2) is 17.4 Å². The zero-order valence-corrected chi connectivity index (χ0v) is 9.16. The van der Waals surface area contributed by atoms with Gasteiger partial charge in [-0.05, 0) is 0 Å². The van der Waals surface area contributed by atoms with Crippen LogP contribution in [0.25, 0.3) is 0 Å². The Kier molecular flexibility index (Phi) is 3.26. The van der Waals surface area contributed by atoms with Crippen molar-refractivity contribution in [1.82, 2.24) is 0 Å². The van der Waals surface area contributed by atoms with Crippen molar-refractivity contribution in [3.63, 3.8) is 0 Å². The van der Waals surface area contributed by atoms with Crippen molar-refractivity contribution in [3.05, 3.63) is 29.6 Å². The fraction of sp³-hybridized carbons (Fsp3) is 0.250. The van der Waals surface area contributed by atoms with E-state index in [0.717, 1.165) is 0 Å². The summed E-state index contributed by atoms with van der Waals surface area (Å²) in [7, 11) is -6.82. The highest BCUT2D eigenvalue weighted by atomic mass is 32.3. The van der Waals surface area contributed by atoms with E-state index in [0.29, 0.717) is 0 Å². The van der Waals surface area contributed by atoms with Gasteiger partial charge in [0.05, 0.1) is 0 Å². The summed E-state index contributed by atoms with van der Waals surface area (Å²) in [5, 5.41) is 0. The second kappa shape index (κ2) is 3.93. The molecule has 0 saturated carbocycles. The lowest BCUT2D eigenvalue weighted by Gasteiger charge is -2.31. The van der Waals surface area contributed by atoms with Crippen LogP contribution in [-0.2, 0) is 9.63 Å². The van der Waals surface area contributed by atoms with Crippen molar-refractivity contribution in [2.75, 3.05) is 5.75 Å². The topological polar surface area (TPSA) is 57.5 Å². The molecule has 1 rings (SSSR count). The summed E-state index contributed by atoms with van der Waals surface area (Å²) in [6, 6.07) is -0.232. The maximum atomic E-state index is 13.1. The third kappa shape index (κ3) is 3.21. The van der Waals surface area contributed by atoms with Gasteiger partial charge in [-0.15, -0.1) is 0 Å². The summed E-state index contributed by atoms with van der Waals surface area (Å²) in [6.07, 6.45) is -5.36. The Morgan fingerprint density at radius 2 is 1.44 bits per heavy atom. The molecule has 10 heteroatoms. The van der Waals surface area contributed by atoms with Crippen LogP contribution in [0.4, 0.5) is 26.3 Å². The Morgan fingerprint density at radius 3 is 1.78 bits per heavy atom. The van der Waals surface area contributed by atoms with E-state index in [1.54, 1.807) is 0 Å². The van der Waals surface area contributed by atoms with Crippen LogP contribution >= 0.6 is 0 Å². The minimum absolute atomic E-state index is 0.116. The Hall–Kier alpha value is -1.13. The molecule has 18 heavy (non-hydrogen) atoms. The highest BCUT2D eigenvalue weighted by Gasteiger charge is 2.49. The van der Waals surface area contributed by atoms with Crippen LogP contribution in [0, 0.1) is 17.5 Å². The van der Waals surface area contributed by atoms with E-state index < -0.39 is 43.9 Å². The van der Waals surface area contributed by atoms with Crippen LogP contribution in [0.3, 0.4) is 0 Å². The number of rotatable bonds is 2. The van der Waals surface area contributed by atoms with Crippen molar-refractivity contribution in [2.45, 2.75) is 11.1 Å². The Morgan fingerprint density at radius 1 is 1.06 bits per heavy atom. The lowest BCUT2D eigenvalue weighted by Crippen LogP contribution is -2.43. The third-order valence-corrected chi connectivity index (χ3v) is 3.86. The second-order valence-corrected chi connectivity index (χ2v) is 6.21. The number of benzene rings is 1. The van der Waals surface area contributed by atoms with Gasteiger partial charge in [0.2, 0.25) is 0 Å². The molecular weight excluding hydrogens is 290 g/mol. The molecule has 1 aromatic rings. The average molecular weight is 296 g/mol. The quantitative estimate of drug-likeness (QED) is 0.825. The largest absolute Gasteiger partial charge is 0.403 e. The summed E-state index contributed by atoms with van der Waals surface area (Å²) in [5.41, 5.74) is 0. The average Bonchev–Trinajstić information content (AvgIpc) is 1.91. The predicted octanol–water partition coefficient (Wildman–Crippen LogP) is 2.79. The third-order valence-electron chi connectivity index (χ3n) is 1.80. The van der Waals surface area contributed by atoms with Gasteiger partial charge in [-0.3, -0.25) is 0 Å². The van der Waals surface area contributed by atoms with Crippen molar-refractivity contribution >= 4 is 9.63 Å². The zero-order valence-electron chi connectivity index (χ0n) is 8.34. The van der Waals surface area contributed by atoms with Crippen LogP contribution in [0.15, 0.2) is 17.0 Å². The van der Waals surface area contributed by atoms with Crippen LogP contribution in [0.1, 0.15) is 0 Å². The number of alkyl halides is 3. The van der Waals surface area contributed by atoms with E-state index in [9.17, 15) is 30.6 Å². The monoisotopic (exact) mass is 296 g/mol. The Balaban J connectivity index is 3.50. The number of hydrogen-bond donors (Lipinski definition) is 2. The van der Waals surface area contributed by atoms with Gasteiger partial charge >= 0.3 is 6.18 Å². The van der Waals surface area contributed by atoms with Crippen molar-refractivity contribution in [1.29, 1.82) is 0 Å². The molecule has 0 saturated heterocycles. The van der Waals surface area contributed by atoms with E-state index in [-0.39, 0.29) is 12.1 Å². The summed E-state index contributed by atoms with van der Waals surface area (Å²) < 4.78 is 104. The first-order chi connectivity index (χ1) is 7.80. The molecule has 0 aliphatic rings. The van der Waals surface area contributed by atoms with Gasteiger partial charge < -0.3 is 9.11 Å². The zero-order chi connectivity index (χ0) is 14.4. The Labute approximate surface area is 96.5 Å². The van der Waals surface area contributed by atoms with Crippen molar-refractivity contribution in [2.24, 2.45) is 0 Å². The minimum Gasteiger partial charge on any atom is -0.304 e. The molecule has 0 fully saturated rings. The summed E-state index contributed by atoms with van der Waals surface area (Å²) >= 11 is 0. The second-order valence-electron chi connectivity index (χ2n) is 3.48. The molecular formula is C8H6F6O3S. The van der Waals surface area contributed by atoms with Gasteiger partial charge in [-0.2, -0.15) is 13.2 Å². The summed E-state index contributed by atoms with van der Waals surface area (Å²) in [4.78, 5) is -2.11. The molecule has 104 valence electrons. The molecule has 0 aliphatic carbocycles. The van der Waals surface area contributed by atoms with Gasteiger partial charge in [0.1, 0.15) is 37.7 Å².